The highest BCUT2D eigenvalue weighted by molar-refractivity contribution is 6.37. The van der Waals surface area contributed by atoms with Crippen LogP contribution in [0.15, 0.2) is 0 Å². The first-order chi connectivity index (χ1) is 6.29. The van der Waals surface area contributed by atoms with E-state index in [9.17, 15) is 0 Å². The minimum Gasteiger partial charge on any atom is -0.356 e. The summed E-state index contributed by atoms with van der Waals surface area (Å²) >= 11 is 0. The van der Waals surface area contributed by atoms with Crippen LogP contribution < -0.4 is 0 Å². The van der Waals surface area contributed by atoms with Crippen LogP contribution in [0, 0.1) is 5.92 Å². The third kappa shape index (κ3) is 3.08. The molecule has 1 aliphatic heterocycles. The molecule has 1 aliphatic rings. The number of rotatable bonds is 4. The summed E-state index contributed by atoms with van der Waals surface area (Å²) in [6.45, 7) is 2.28. The van der Waals surface area contributed by atoms with E-state index < -0.39 is 0 Å². The normalized spacial score (nSPS) is 28.2. The molecule has 3 heteroatoms. The van der Waals surface area contributed by atoms with Crippen LogP contribution >= 0.6 is 0 Å². The van der Waals surface area contributed by atoms with E-state index in [1.54, 1.807) is 14.2 Å². The van der Waals surface area contributed by atoms with E-state index in [2.05, 4.69) is 6.92 Å². The summed E-state index contributed by atoms with van der Waals surface area (Å²) < 4.78 is 10.6. The number of hydrogen-bond acceptors (Lipinski definition) is 2. The van der Waals surface area contributed by atoms with Crippen LogP contribution in [0.2, 0.25) is 11.6 Å². The van der Waals surface area contributed by atoms with Crippen molar-refractivity contribution in [3.8, 4) is 0 Å². The Bertz CT molecular complexity index is 131. The summed E-state index contributed by atoms with van der Waals surface area (Å²) in [6.07, 6.45) is 4.33. The van der Waals surface area contributed by atoms with Crippen molar-refractivity contribution < 1.29 is 9.47 Å². The third-order valence-electron chi connectivity index (χ3n) is 3.29. The van der Waals surface area contributed by atoms with E-state index in [-0.39, 0.29) is 15.8 Å². The summed E-state index contributed by atoms with van der Waals surface area (Å²) in [4.78, 5) is 0. The van der Waals surface area contributed by atoms with Gasteiger partial charge in [-0.15, -0.1) is 0 Å². The summed E-state index contributed by atoms with van der Waals surface area (Å²) in [5.41, 5.74) is 0.943. The lowest BCUT2D eigenvalue weighted by Gasteiger charge is -2.31. The molecule has 0 aromatic heterocycles. The zero-order chi connectivity index (χ0) is 9.68. The molecule has 0 radical (unpaired) electrons. The molecule has 2 nitrogen and oxygen atoms in total. The molecule has 1 fully saturated rings. The van der Waals surface area contributed by atoms with Gasteiger partial charge in [0.2, 0.25) is 0 Å². The second-order valence-corrected chi connectivity index (χ2v) is 6.43. The first-order valence-electron chi connectivity index (χ1n) is 5.35. The summed E-state index contributed by atoms with van der Waals surface area (Å²) in [5.74, 6) is 0.599. The quantitative estimate of drug-likeness (QED) is 0.511. The molecular weight excluding hydrogens is 180 g/mol. The fraction of sp³-hybridized carbons (Fsp3) is 1.00. The topological polar surface area (TPSA) is 18.5 Å². The van der Waals surface area contributed by atoms with Gasteiger partial charge in [0.25, 0.3) is 0 Å². The van der Waals surface area contributed by atoms with Gasteiger partial charge in [-0.1, -0.05) is 32.2 Å². The molecule has 0 aromatic rings. The van der Waals surface area contributed by atoms with Crippen LogP contribution in [0.25, 0.3) is 0 Å². The van der Waals surface area contributed by atoms with Gasteiger partial charge in [-0.25, -0.2) is 0 Å². The van der Waals surface area contributed by atoms with Gasteiger partial charge in [0.15, 0.2) is 6.29 Å². The largest absolute Gasteiger partial charge is 0.356 e. The smallest absolute Gasteiger partial charge is 0.159 e. The van der Waals surface area contributed by atoms with Gasteiger partial charge in [-0.05, 0) is 5.54 Å². The van der Waals surface area contributed by atoms with Gasteiger partial charge in [0.05, 0.1) is 0 Å². The standard InChI is InChI=1S/C10H22O2Si/c1-8(10(11-2)12-3)9-6-4-5-7-13-9/h8-10H,4-7,13H2,1-3H3. The molecule has 0 N–H and O–H groups in total. The van der Waals surface area contributed by atoms with Crippen molar-refractivity contribution in [2.75, 3.05) is 14.2 Å². The molecule has 2 atom stereocenters. The Hall–Kier alpha value is 0.137. The summed E-state index contributed by atoms with van der Waals surface area (Å²) in [5, 5.41) is 0. The van der Waals surface area contributed by atoms with E-state index in [1.165, 1.54) is 25.3 Å². The van der Waals surface area contributed by atoms with Crippen molar-refractivity contribution in [1.82, 2.24) is 0 Å². The first kappa shape index (κ1) is 11.2. The molecule has 0 aromatic carbocycles. The maximum Gasteiger partial charge on any atom is 0.159 e. The zero-order valence-electron chi connectivity index (χ0n) is 9.08. The van der Waals surface area contributed by atoms with Gasteiger partial charge in [0, 0.05) is 29.7 Å². The Morgan fingerprint density at radius 2 is 1.92 bits per heavy atom. The Morgan fingerprint density at radius 3 is 2.38 bits per heavy atom. The van der Waals surface area contributed by atoms with Crippen LogP contribution in [-0.4, -0.2) is 30.0 Å². The Morgan fingerprint density at radius 1 is 1.23 bits per heavy atom. The van der Waals surface area contributed by atoms with Gasteiger partial charge in [0.1, 0.15) is 0 Å². The molecule has 0 saturated carbocycles. The van der Waals surface area contributed by atoms with Crippen molar-refractivity contribution >= 4 is 9.52 Å². The maximum absolute atomic E-state index is 5.31. The van der Waals surface area contributed by atoms with Crippen LogP contribution in [0.1, 0.15) is 26.2 Å². The fourth-order valence-corrected chi connectivity index (χ4v) is 4.90. The second-order valence-electron chi connectivity index (χ2n) is 4.10. The monoisotopic (exact) mass is 202 g/mol. The van der Waals surface area contributed by atoms with Crippen LogP contribution in [0.5, 0.6) is 0 Å². The lowest BCUT2D eigenvalue weighted by atomic mass is 10.0. The molecule has 2 unspecified atom stereocenters. The van der Waals surface area contributed by atoms with Crippen LogP contribution in [0.4, 0.5) is 0 Å². The first-order valence-corrected chi connectivity index (χ1v) is 7.16. The van der Waals surface area contributed by atoms with E-state index in [0.29, 0.717) is 5.92 Å². The maximum atomic E-state index is 5.31. The SMILES string of the molecule is COC(OC)C(C)C1CCCC[SiH2]1. The van der Waals surface area contributed by atoms with Gasteiger partial charge in [-0.2, -0.15) is 0 Å². The average molecular weight is 202 g/mol. The summed E-state index contributed by atoms with van der Waals surface area (Å²) in [6, 6.07) is 1.52. The molecule has 0 amide bonds. The molecule has 1 saturated heterocycles. The molecule has 1 rings (SSSR count). The average Bonchev–Trinajstić information content (AvgIpc) is 2.21. The van der Waals surface area contributed by atoms with Crippen LogP contribution in [0.3, 0.4) is 0 Å². The molecule has 1 heterocycles. The number of ether oxygens (including phenoxy) is 2. The van der Waals surface area contributed by atoms with Crippen molar-refractivity contribution in [1.29, 1.82) is 0 Å². The molecular formula is C10H22O2Si. The second kappa shape index (κ2) is 5.78. The van der Waals surface area contributed by atoms with Crippen molar-refractivity contribution in [2.24, 2.45) is 5.92 Å². The van der Waals surface area contributed by atoms with Crippen molar-refractivity contribution in [3.63, 3.8) is 0 Å². The van der Waals surface area contributed by atoms with E-state index in [0.717, 1.165) is 5.54 Å². The Kier molecular flexibility index (Phi) is 4.99. The Balaban J connectivity index is 2.38. The highest BCUT2D eigenvalue weighted by Gasteiger charge is 2.26. The van der Waals surface area contributed by atoms with Gasteiger partial charge < -0.3 is 9.47 Å². The third-order valence-corrected chi connectivity index (χ3v) is 6.09. The predicted octanol–water partition coefficient (Wildman–Crippen LogP) is 1.80. The summed E-state index contributed by atoms with van der Waals surface area (Å²) in [7, 11) is 3.64. The minimum absolute atomic E-state index is 0.0237. The highest BCUT2D eigenvalue weighted by Crippen LogP contribution is 2.32. The van der Waals surface area contributed by atoms with E-state index >= 15 is 0 Å². The fourth-order valence-electron chi connectivity index (χ4n) is 2.41. The van der Waals surface area contributed by atoms with Crippen molar-refractivity contribution in [3.05, 3.63) is 0 Å². The molecule has 0 bridgehead atoms. The predicted molar refractivity (Wildman–Crippen MR) is 57.9 cm³/mol. The van der Waals surface area contributed by atoms with Crippen LogP contribution in [-0.2, 0) is 9.47 Å². The van der Waals surface area contributed by atoms with Crippen molar-refractivity contribution in [2.45, 2.75) is 44.1 Å². The molecule has 0 aliphatic carbocycles. The molecule has 0 spiro atoms. The van der Waals surface area contributed by atoms with Gasteiger partial charge in [-0.3, -0.25) is 0 Å². The highest BCUT2D eigenvalue weighted by atomic mass is 28.2. The Labute approximate surface area is 83.8 Å². The lowest BCUT2D eigenvalue weighted by molar-refractivity contribution is -0.134. The number of hydrogen-bond donors (Lipinski definition) is 0. The lowest BCUT2D eigenvalue weighted by Crippen LogP contribution is -2.29. The molecule has 13 heavy (non-hydrogen) atoms. The van der Waals surface area contributed by atoms with E-state index in [1.807, 2.05) is 0 Å². The minimum atomic E-state index is 0.0237. The van der Waals surface area contributed by atoms with Gasteiger partial charge >= 0.3 is 0 Å². The van der Waals surface area contributed by atoms with E-state index in [4.69, 9.17) is 9.47 Å². The number of methoxy groups -OCH3 is 2. The zero-order valence-corrected chi connectivity index (χ0v) is 10.5. The molecule has 78 valence electrons.